The van der Waals surface area contributed by atoms with E-state index in [0.717, 1.165) is 50.9 Å². The standard InChI is InChI=1S/C15H24N4O2/c1-11(2)14-16-12(10-21-14)8-18-5-7-19-6-4-17(3)15(20)13(19)9-18/h10-11,13H,4-9H2,1-3H3/t13-/m1/s1. The van der Waals surface area contributed by atoms with E-state index in [1.807, 2.05) is 11.9 Å². The van der Waals surface area contributed by atoms with Crippen molar-refractivity contribution in [1.82, 2.24) is 19.7 Å². The predicted octanol–water partition coefficient (Wildman–Crippen LogP) is 0.756. The average molecular weight is 292 g/mol. The lowest BCUT2D eigenvalue weighted by Gasteiger charge is -2.45. The first kappa shape index (κ1) is 14.5. The van der Waals surface area contributed by atoms with Crippen LogP contribution in [-0.2, 0) is 11.3 Å². The number of nitrogens with zero attached hydrogens (tertiary/aromatic N) is 4. The number of amides is 1. The molecule has 2 aliphatic rings. The second kappa shape index (κ2) is 5.77. The van der Waals surface area contributed by atoms with Crippen molar-refractivity contribution in [3.8, 4) is 0 Å². The Bertz CT molecular complexity index is 514. The van der Waals surface area contributed by atoms with Crippen LogP contribution in [0.3, 0.4) is 0 Å². The molecule has 0 aliphatic carbocycles. The molecule has 1 amide bonds. The van der Waals surface area contributed by atoms with E-state index >= 15 is 0 Å². The Hall–Kier alpha value is -1.40. The van der Waals surface area contributed by atoms with Gasteiger partial charge in [-0.05, 0) is 0 Å². The molecule has 0 radical (unpaired) electrons. The molecule has 0 saturated carbocycles. The lowest BCUT2D eigenvalue weighted by atomic mass is 10.1. The van der Waals surface area contributed by atoms with Crippen molar-refractivity contribution in [3.63, 3.8) is 0 Å². The first-order valence-electron chi connectivity index (χ1n) is 7.70. The summed E-state index contributed by atoms with van der Waals surface area (Å²) in [6.07, 6.45) is 1.75. The molecule has 6 heteroatoms. The van der Waals surface area contributed by atoms with Gasteiger partial charge in [0.25, 0.3) is 0 Å². The molecule has 0 aromatic carbocycles. The molecule has 1 atom stereocenters. The van der Waals surface area contributed by atoms with E-state index < -0.39 is 0 Å². The van der Waals surface area contributed by atoms with E-state index in [1.165, 1.54) is 0 Å². The van der Waals surface area contributed by atoms with E-state index in [4.69, 9.17) is 4.42 Å². The normalized spacial score (nSPS) is 24.7. The van der Waals surface area contributed by atoms with Crippen LogP contribution in [-0.4, -0.2) is 71.4 Å². The summed E-state index contributed by atoms with van der Waals surface area (Å²) in [5, 5.41) is 0. The van der Waals surface area contributed by atoms with Gasteiger partial charge in [-0.15, -0.1) is 0 Å². The summed E-state index contributed by atoms with van der Waals surface area (Å²) in [6.45, 7) is 9.47. The van der Waals surface area contributed by atoms with Gasteiger partial charge in [0.1, 0.15) is 12.3 Å². The SMILES string of the molecule is CC(C)c1nc(CN2CCN3CCN(C)C(=O)[C@H]3C2)co1. The fourth-order valence-corrected chi connectivity index (χ4v) is 3.06. The number of hydrogen-bond acceptors (Lipinski definition) is 5. The van der Waals surface area contributed by atoms with Crippen LogP contribution in [0.4, 0.5) is 0 Å². The average Bonchev–Trinajstić information content (AvgIpc) is 2.92. The number of carbonyl (C=O) groups excluding carboxylic acids is 1. The van der Waals surface area contributed by atoms with Crippen molar-refractivity contribution in [1.29, 1.82) is 0 Å². The van der Waals surface area contributed by atoms with Gasteiger partial charge in [-0.25, -0.2) is 4.98 Å². The Morgan fingerprint density at radius 1 is 1.33 bits per heavy atom. The number of piperazine rings is 2. The first-order chi connectivity index (χ1) is 10.0. The Kier molecular flexibility index (Phi) is 3.99. The largest absolute Gasteiger partial charge is 0.448 e. The molecule has 6 nitrogen and oxygen atoms in total. The van der Waals surface area contributed by atoms with Crippen molar-refractivity contribution in [3.05, 3.63) is 17.8 Å². The second-order valence-corrected chi connectivity index (χ2v) is 6.38. The van der Waals surface area contributed by atoms with E-state index in [2.05, 4.69) is 28.6 Å². The molecule has 1 aromatic heterocycles. The van der Waals surface area contributed by atoms with Gasteiger partial charge >= 0.3 is 0 Å². The number of likely N-dealkylation sites (N-methyl/N-ethyl adjacent to an activating group) is 1. The smallest absolute Gasteiger partial charge is 0.241 e. The van der Waals surface area contributed by atoms with Crippen molar-refractivity contribution >= 4 is 5.91 Å². The van der Waals surface area contributed by atoms with Crippen molar-refractivity contribution in [2.45, 2.75) is 32.4 Å². The maximum Gasteiger partial charge on any atom is 0.241 e. The highest BCUT2D eigenvalue weighted by Crippen LogP contribution is 2.19. The van der Waals surface area contributed by atoms with Crippen molar-refractivity contribution < 1.29 is 9.21 Å². The minimum Gasteiger partial charge on any atom is -0.448 e. The van der Waals surface area contributed by atoms with Crippen molar-refractivity contribution in [2.75, 3.05) is 39.8 Å². The molecule has 2 fully saturated rings. The predicted molar refractivity (Wildman–Crippen MR) is 78.9 cm³/mol. The second-order valence-electron chi connectivity index (χ2n) is 6.38. The third-order valence-electron chi connectivity index (χ3n) is 4.41. The zero-order chi connectivity index (χ0) is 15.0. The van der Waals surface area contributed by atoms with Gasteiger partial charge in [0.05, 0.1) is 5.69 Å². The Labute approximate surface area is 125 Å². The summed E-state index contributed by atoms with van der Waals surface area (Å²) >= 11 is 0. The quantitative estimate of drug-likeness (QED) is 0.823. The molecule has 0 spiro atoms. The summed E-state index contributed by atoms with van der Waals surface area (Å²) < 4.78 is 5.49. The van der Waals surface area contributed by atoms with E-state index in [1.54, 1.807) is 6.26 Å². The van der Waals surface area contributed by atoms with E-state index in [9.17, 15) is 4.79 Å². The summed E-state index contributed by atoms with van der Waals surface area (Å²) in [5.74, 6) is 1.34. The maximum absolute atomic E-state index is 12.3. The number of carbonyl (C=O) groups is 1. The molecule has 0 unspecified atom stereocenters. The molecule has 0 bridgehead atoms. The Morgan fingerprint density at radius 2 is 2.10 bits per heavy atom. The molecule has 116 valence electrons. The van der Waals surface area contributed by atoms with Gasteiger partial charge < -0.3 is 9.32 Å². The van der Waals surface area contributed by atoms with Crippen LogP contribution < -0.4 is 0 Å². The monoisotopic (exact) mass is 292 g/mol. The van der Waals surface area contributed by atoms with Crippen LogP contribution in [0.2, 0.25) is 0 Å². The lowest BCUT2D eigenvalue weighted by molar-refractivity contribution is -0.143. The van der Waals surface area contributed by atoms with Gasteiger partial charge in [0.15, 0.2) is 5.89 Å². The third kappa shape index (κ3) is 2.96. The van der Waals surface area contributed by atoms with Crippen LogP contribution in [0.5, 0.6) is 0 Å². The summed E-state index contributed by atoms with van der Waals surface area (Å²) in [7, 11) is 1.89. The van der Waals surface area contributed by atoms with E-state index in [-0.39, 0.29) is 11.9 Å². The molecule has 3 heterocycles. The highest BCUT2D eigenvalue weighted by atomic mass is 16.3. The van der Waals surface area contributed by atoms with Crippen LogP contribution in [0, 0.1) is 0 Å². The van der Waals surface area contributed by atoms with Gasteiger partial charge in [-0.3, -0.25) is 14.6 Å². The molecule has 1 aromatic rings. The minimum atomic E-state index is 0.00831. The number of oxazole rings is 1. The van der Waals surface area contributed by atoms with Crippen LogP contribution in [0.1, 0.15) is 31.4 Å². The molecule has 2 saturated heterocycles. The lowest BCUT2D eigenvalue weighted by Crippen LogP contribution is -2.63. The van der Waals surface area contributed by atoms with E-state index in [0.29, 0.717) is 5.92 Å². The van der Waals surface area contributed by atoms with Crippen LogP contribution in [0.25, 0.3) is 0 Å². The highest BCUT2D eigenvalue weighted by Gasteiger charge is 2.37. The van der Waals surface area contributed by atoms with Gasteiger partial charge in [0.2, 0.25) is 5.91 Å². The number of rotatable bonds is 3. The Morgan fingerprint density at radius 3 is 2.81 bits per heavy atom. The number of hydrogen-bond donors (Lipinski definition) is 0. The van der Waals surface area contributed by atoms with Gasteiger partial charge in [0, 0.05) is 52.2 Å². The topological polar surface area (TPSA) is 52.8 Å². The van der Waals surface area contributed by atoms with Gasteiger partial charge in [-0.2, -0.15) is 0 Å². The maximum atomic E-state index is 12.3. The molecule has 0 N–H and O–H groups in total. The summed E-state index contributed by atoms with van der Waals surface area (Å²) in [6, 6.07) is 0.00831. The molecule has 2 aliphatic heterocycles. The van der Waals surface area contributed by atoms with Crippen LogP contribution >= 0.6 is 0 Å². The summed E-state index contributed by atoms with van der Waals surface area (Å²) in [4.78, 5) is 23.3. The number of fused-ring (bicyclic) bond motifs is 1. The fraction of sp³-hybridized carbons (Fsp3) is 0.733. The molecule has 21 heavy (non-hydrogen) atoms. The fourth-order valence-electron chi connectivity index (χ4n) is 3.06. The Balaban J connectivity index is 1.63. The van der Waals surface area contributed by atoms with Crippen molar-refractivity contribution in [2.24, 2.45) is 0 Å². The zero-order valence-electron chi connectivity index (χ0n) is 13.1. The first-order valence-corrected chi connectivity index (χ1v) is 7.70. The molecular weight excluding hydrogens is 268 g/mol. The molecular formula is C15H24N4O2. The minimum absolute atomic E-state index is 0.00831. The van der Waals surface area contributed by atoms with Crippen LogP contribution in [0.15, 0.2) is 10.7 Å². The molecule has 3 rings (SSSR count). The van der Waals surface area contributed by atoms with Gasteiger partial charge in [-0.1, -0.05) is 13.8 Å². The summed E-state index contributed by atoms with van der Waals surface area (Å²) in [5.41, 5.74) is 0.962. The third-order valence-corrected chi connectivity index (χ3v) is 4.41. The zero-order valence-corrected chi connectivity index (χ0v) is 13.1. The number of aromatic nitrogens is 1. The highest BCUT2D eigenvalue weighted by molar-refractivity contribution is 5.82.